The van der Waals surface area contributed by atoms with Gasteiger partial charge in [-0.15, -0.1) is 23.4 Å². The number of amides is 1. The van der Waals surface area contributed by atoms with Crippen molar-refractivity contribution in [1.29, 1.82) is 5.26 Å². The van der Waals surface area contributed by atoms with E-state index in [1.54, 1.807) is 25.3 Å². The number of halogens is 1. The van der Waals surface area contributed by atoms with E-state index in [1.807, 2.05) is 12.1 Å². The Kier molecular flexibility index (Phi) is 8.54. The van der Waals surface area contributed by atoms with Crippen LogP contribution < -0.4 is 10.6 Å². The van der Waals surface area contributed by atoms with Gasteiger partial charge in [0.05, 0.1) is 28.7 Å². The maximum absolute atomic E-state index is 13.4. The normalized spacial score (nSPS) is 40.1. The van der Waals surface area contributed by atoms with Crippen LogP contribution in [0.2, 0.25) is 0 Å². The van der Waals surface area contributed by atoms with Crippen LogP contribution >= 0.6 is 23.4 Å². The average Bonchev–Trinajstić information content (AvgIpc) is 3.22. The Morgan fingerprint density at radius 1 is 1.28 bits per heavy atom. The van der Waals surface area contributed by atoms with Gasteiger partial charge < -0.3 is 35.8 Å². The van der Waals surface area contributed by atoms with Gasteiger partial charge in [-0.3, -0.25) is 4.79 Å². The third-order valence-electron chi connectivity index (χ3n) is 8.01. The van der Waals surface area contributed by atoms with Crippen LogP contribution in [0.5, 0.6) is 0 Å². The van der Waals surface area contributed by atoms with Gasteiger partial charge in [0.2, 0.25) is 5.91 Å². The molecule has 11 atom stereocenters. The highest BCUT2D eigenvalue weighted by Gasteiger charge is 2.55. The van der Waals surface area contributed by atoms with E-state index in [0.717, 1.165) is 5.56 Å². The monoisotopic (exact) mass is 539 g/mol. The number of benzene rings is 1. The Bertz CT molecular complexity index is 976. The van der Waals surface area contributed by atoms with Crippen molar-refractivity contribution in [1.82, 2.24) is 10.6 Å². The van der Waals surface area contributed by atoms with Crippen LogP contribution in [0, 0.1) is 17.2 Å². The standard InChI is InChI=1S/C25H34ClN3O6S/c1-12(26)17(21-19(31)18(30)20(32)24(35-21)36-2)29-23(33)22-25(34)8-7-15(9-16(25)11-28-22)14-5-3-13(10-27)4-6-14/h3-6,12,15-22,24,28,30-32,34H,7-9,11H2,1-2H3,(H,29,33). The van der Waals surface area contributed by atoms with E-state index in [4.69, 9.17) is 21.6 Å². The van der Waals surface area contributed by atoms with E-state index in [1.165, 1.54) is 11.8 Å². The SMILES string of the molecule is CSC1OC(C(NC(=O)C2NCC3CC(c4ccc(C#N)cc4)CCC32O)C(C)Cl)C(O)C(O)C1O. The molecule has 36 heavy (non-hydrogen) atoms. The third kappa shape index (κ3) is 5.13. The molecule has 1 aliphatic carbocycles. The van der Waals surface area contributed by atoms with Crippen molar-refractivity contribution in [3.05, 3.63) is 35.4 Å². The summed E-state index contributed by atoms with van der Waals surface area (Å²) < 4.78 is 5.83. The molecule has 0 spiro atoms. The summed E-state index contributed by atoms with van der Waals surface area (Å²) in [4.78, 5) is 13.4. The largest absolute Gasteiger partial charge is 0.388 e. The highest BCUT2D eigenvalue weighted by atomic mass is 35.5. The lowest BCUT2D eigenvalue weighted by molar-refractivity contribution is -0.205. The van der Waals surface area contributed by atoms with E-state index < -0.39 is 58.8 Å². The number of carbonyl (C=O) groups is 1. The quantitative estimate of drug-likeness (QED) is 0.282. The molecule has 1 saturated carbocycles. The van der Waals surface area contributed by atoms with Crippen LogP contribution in [0.3, 0.4) is 0 Å². The summed E-state index contributed by atoms with van der Waals surface area (Å²) in [5.74, 6) is -0.361. The van der Waals surface area contributed by atoms with Gasteiger partial charge in [0.15, 0.2) is 0 Å². The fourth-order valence-electron chi connectivity index (χ4n) is 5.88. The number of hydrogen-bond donors (Lipinski definition) is 6. The van der Waals surface area contributed by atoms with E-state index in [0.29, 0.717) is 31.4 Å². The molecule has 2 heterocycles. The molecular formula is C25H34ClN3O6S. The molecule has 1 amide bonds. The zero-order chi connectivity index (χ0) is 26.2. The lowest BCUT2D eigenvalue weighted by Gasteiger charge is -2.45. The van der Waals surface area contributed by atoms with Crippen molar-refractivity contribution < 1.29 is 30.0 Å². The minimum absolute atomic E-state index is 0.135. The summed E-state index contributed by atoms with van der Waals surface area (Å²) in [6, 6.07) is 7.89. The maximum atomic E-state index is 13.4. The Hall–Kier alpha value is -1.42. The first kappa shape index (κ1) is 27.6. The minimum atomic E-state index is -1.45. The molecule has 2 saturated heterocycles. The van der Waals surface area contributed by atoms with Gasteiger partial charge >= 0.3 is 0 Å². The number of carbonyl (C=O) groups excluding carboxylic acids is 1. The number of thioether (sulfide) groups is 1. The highest BCUT2D eigenvalue weighted by molar-refractivity contribution is 7.99. The smallest absolute Gasteiger partial charge is 0.240 e. The number of ether oxygens (including phenoxy) is 1. The predicted molar refractivity (Wildman–Crippen MR) is 135 cm³/mol. The van der Waals surface area contributed by atoms with Gasteiger partial charge in [0, 0.05) is 12.5 Å². The molecule has 11 heteroatoms. The number of aliphatic hydroxyl groups excluding tert-OH is 3. The summed E-state index contributed by atoms with van der Waals surface area (Å²) in [6.45, 7) is 2.13. The first-order chi connectivity index (χ1) is 17.1. The number of rotatable bonds is 6. The van der Waals surface area contributed by atoms with Crippen molar-refractivity contribution in [3.63, 3.8) is 0 Å². The Morgan fingerprint density at radius 3 is 2.58 bits per heavy atom. The summed E-state index contributed by atoms with van der Waals surface area (Å²) in [7, 11) is 0. The van der Waals surface area contributed by atoms with Crippen LogP contribution in [0.1, 0.15) is 43.2 Å². The van der Waals surface area contributed by atoms with Crippen molar-refractivity contribution in [2.45, 2.75) is 85.0 Å². The molecule has 0 radical (unpaired) electrons. The van der Waals surface area contributed by atoms with E-state index >= 15 is 0 Å². The molecule has 4 rings (SSSR count). The molecule has 9 nitrogen and oxygen atoms in total. The number of fused-ring (bicyclic) bond motifs is 1. The maximum Gasteiger partial charge on any atom is 0.240 e. The molecule has 0 aromatic heterocycles. The highest BCUT2D eigenvalue weighted by Crippen LogP contribution is 2.46. The molecule has 2 aliphatic heterocycles. The van der Waals surface area contributed by atoms with Crippen molar-refractivity contribution in [2.24, 2.45) is 5.92 Å². The average molecular weight is 540 g/mol. The first-order valence-electron chi connectivity index (χ1n) is 12.2. The van der Waals surface area contributed by atoms with Crippen LogP contribution in [0.15, 0.2) is 24.3 Å². The third-order valence-corrected chi connectivity index (χ3v) is 9.13. The molecule has 3 aliphatic rings. The van der Waals surface area contributed by atoms with Gasteiger partial charge in [0.1, 0.15) is 35.9 Å². The van der Waals surface area contributed by atoms with Crippen LogP contribution in [-0.2, 0) is 9.53 Å². The molecule has 6 N–H and O–H groups in total. The Labute approximate surface area is 220 Å². The second-order valence-electron chi connectivity index (χ2n) is 10.1. The minimum Gasteiger partial charge on any atom is -0.388 e. The van der Waals surface area contributed by atoms with E-state index in [2.05, 4.69) is 16.7 Å². The van der Waals surface area contributed by atoms with E-state index in [-0.39, 0.29) is 11.8 Å². The first-order valence-corrected chi connectivity index (χ1v) is 14.0. The topological polar surface area (TPSA) is 155 Å². The number of nitrogens with zero attached hydrogens (tertiary/aromatic N) is 1. The number of hydrogen-bond acceptors (Lipinski definition) is 9. The fourth-order valence-corrected chi connectivity index (χ4v) is 6.76. The lowest BCUT2D eigenvalue weighted by atomic mass is 9.68. The number of nitriles is 1. The van der Waals surface area contributed by atoms with Crippen LogP contribution in [0.25, 0.3) is 0 Å². The zero-order valence-corrected chi connectivity index (χ0v) is 21.8. The fraction of sp³-hybridized carbons (Fsp3) is 0.680. The summed E-state index contributed by atoms with van der Waals surface area (Å²) in [5, 5.41) is 57.1. The Balaban J connectivity index is 1.45. The zero-order valence-electron chi connectivity index (χ0n) is 20.3. The number of nitrogens with one attached hydrogen (secondary N) is 2. The van der Waals surface area contributed by atoms with Gasteiger partial charge in [-0.25, -0.2) is 0 Å². The second-order valence-corrected chi connectivity index (χ2v) is 11.7. The van der Waals surface area contributed by atoms with E-state index in [9.17, 15) is 25.2 Å². The lowest BCUT2D eigenvalue weighted by Crippen LogP contribution is -2.66. The van der Waals surface area contributed by atoms with Crippen LogP contribution in [0.4, 0.5) is 0 Å². The summed E-state index contributed by atoms with van der Waals surface area (Å²) >= 11 is 7.57. The molecule has 1 aromatic carbocycles. The summed E-state index contributed by atoms with van der Waals surface area (Å²) in [5.41, 5.74) is -0.311. The molecule has 3 fully saturated rings. The number of aliphatic hydroxyl groups is 4. The molecule has 1 aromatic rings. The number of alkyl halides is 1. The molecule has 198 valence electrons. The van der Waals surface area contributed by atoms with Gasteiger partial charge in [-0.2, -0.15) is 5.26 Å². The molecule has 11 unspecified atom stereocenters. The van der Waals surface area contributed by atoms with Gasteiger partial charge in [-0.1, -0.05) is 12.1 Å². The second kappa shape index (κ2) is 11.1. The summed E-state index contributed by atoms with van der Waals surface area (Å²) in [6.07, 6.45) is -1.69. The van der Waals surface area contributed by atoms with Crippen molar-refractivity contribution in [3.8, 4) is 6.07 Å². The van der Waals surface area contributed by atoms with Crippen molar-refractivity contribution in [2.75, 3.05) is 12.8 Å². The van der Waals surface area contributed by atoms with Crippen molar-refractivity contribution >= 4 is 29.3 Å². The van der Waals surface area contributed by atoms with Gasteiger partial charge in [0.25, 0.3) is 0 Å². The van der Waals surface area contributed by atoms with Gasteiger partial charge in [-0.05, 0) is 56.1 Å². The molecule has 0 bridgehead atoms. The Morgan fingerprint density at radius 2 is 1.97 bits per heavy atom. The van der Waals surface area contributed by atoms with Crippen LogP contribution in [-0.4, -0.2) is 92.0 Å². The molecular weight excluding hydrogens is 506 g/mol. The predicted octanol–water partition coefficient (Wildman–Crippen LogP) is 0.428.